The van der Waals surface area contributed by atoms with E-state index in [0.29, 0.717) is 5.92 Å². The normalized spacial score (nSPS) is 17.6. The van der Waals surface area contributed by atoms with E-state index >= 15 is 0 Å². The van der Waals surface area contributed by atoms with Gasteiger partial charge in [0.2, 0.25) is 0 Å². The number of nitrogens with zero attached hydrogens (tertiary/aromatic N) is 3. The van der Waals surface area contributed by atoms with Gasteiger partial charge in [-0.25, -0.2) is 9.97 Å². The average Bonchev–Trinajstić information content (AvgIpc) is 2.81. The Morgan fingerprint density at radius 2 is 2.17 bits per heavy atom. The van der Waals surface area contributed by atoms with Crippen molar-refractivity contribution in [2.24, 2.45) is 11.7 Å². The van der Waals surface area contributed by atoms with Crippen LogP contribution in [0.4, 0.5) is 5.82 Å². The molecule has 0 aliphatic carbocycles. The van der Waals surface area contributed by atoms with Crippen molar-refractivity contribution in [3.63, 3.8) is 0 Å². The molecule has 2 aromatic heterocycles. The van der Waals surface area contributed by atoms with E-state index in [4.69, 9.17) is 5.73 Å². The number of thiophene rings is 1. The van der Waals surface area contributed by atoms with Crippen LogP contribution in [0.1, 0.15) is 18.4 Å². The van der Waals surface area contributed by atoms with Gasteiger partial charge in [-0.15, -0.1) is 11.3 Å². The predicted octanol–water partition coefficient (Wildman–Crippen LogP) is 2.17. The van der Waals surface area contributed by atoms with Gasteiger partial charge in [0.25, 0.3) is 0 Å². The first-order chi connectivity index (χ1) is 8.79. The highest BCUT2D eigenvalue weighted by Crippen LogP contribution is 2.32. The molecular formula is C13H18N4S. The molecule has 0 saturated carbocycles. The second kappa shape index (κ2) is 4.82. The highest BCUT2D eigenvalue weighted by atomic mass is 32.1. The van der Waals surface area contributed by atoms with Crippen LogP contribution < -0.4 is 10.6 Å². The Morgan fingerprint density at radius 3 is 2.89 bits per heavy atom. The summed E-state index contributed by atoms with van der Waals surface area (Å²) in [5.74, 6) is 1.79. The fourth-order valence-corrected chi connectivity index (χ4v) is 3.58. The molecule has 0 radical (unpaired) electrons. The summed E-state index contributed by atoms with van der Waals surface area (Å²) < 4.78 is 1.22. The Bertz CT molecular complexity index is 543. The Hall–Kier alpha value is -1.20. The highest BCUT2D eigenvalue weighted by Gasteiger charge is 2.21. The summed E-state index contributed by atoms with van der Waals surface area (Å²) in [5.41, 5.74) is 8.09. The van der Waals surface area contributed by atoms with E-state index in [1.807, 2.05) is 0 Å². The maximum absolute atomic E-state index is 5.74. The van der Waals surface area contributed by atoms with E-state index in [1.54, 1.807) is 17.7 Å². The van der Waals surface area contributed by atoms with E-state index < -0.39 is 0 Å². The quantitative estimate of drug-likeness (QED) is 0.901. The summed E-state index contributed by atoms with van der Waals surface area (Å²) >= 11 is 1.75. The second-order valence-corrected chi connectivity index (χ2v) is 5.84. The predicted molar refractivity (Wildman–Crippen MR) is 76.1 cm³/mol. The van der Waals surface area contributed by atoms with Gasteiger partial charge in [-0.2, -0.15) is 0 Å². The zero-order chi connectivity index (χ0) is 12.5. The molecule has 96 valence electrons. The first kappa shape index (κ1) is 11.9. The van der Waals surface area contributed by atoms with Crippen molar-refractivity contribution in [2.75, 3.05) is 24.5 Å². The molecular weight excluding hydrogens is 244 g/mol. The van der Waals surface area contributed by atoms with Gasteiger partial charge in [-0.05, 0) is 43.2 Å². The van der Waals surface area contributed by atoms with Crippen molar-refractivity contribution in [2.45, 2.75) is 19.8 Å². The number of hydrogen-bond donors (Lipinski definition) is 1. The van der Waals surface area contributed by atoms with Gasteiger partial charge in [-0.1, -0.05) is 0 Å². The van der Waals surface area contributed by atoms with Crippen LogP contribution in [-0.2, 0) is 0 Å². The molecule has 5 heteroatoms. The minimum atomic E-state index is 0.684. The van der Waals surface area contributed by atoms with Gasteiger partial charge < -0.3 is 10.6 Å². The van der Waals surface area contributed by atoms with Crippen LogP contribution in [0, 0.1) is 12.8 Å². The van der Waals surface area contributed by atoms with Crippen LogP contribution in [0.2, 0.25) is 0 Å². The molecule has 0 bridgehead atoms. The molecule has 0 spiro atoms. The van der Waals surface area contributed by atoms with Gasteiger partial charge >= 0.3 is 0 Å². The number of nitrogens with two attached hydrogens (primary N) is 1. The molecule has 1 fully saturated rings. The van der Waals surface area contributed by atoms with Crippen LogP contribution in [-0.4, -0.2) is 29.6 Å². The average molecular weight is 262 g/mol. The first-order valence-electron chi connectivity index (χ1n) is 6.43. The summed E-state index contributed by atoms with van der Waals surface area (Å²) in [4.78, 5) is 11.2. The van der Waals surface area contributed by atoms with E-state index in [-0.39, 0.29) is 0 Å². The molecule has 0 amide bonds. The number of fused-ring (bicyclic) bond motifs is 1. The topological polar surface area (TPSA) is 55.0 Å². The molecule has 0 unspecified atom stereocenters. The van der Waals surface area contributed by atoms with Gasteiger partial charge in [0, 0.05) is 13.1 Å². The van der Waals surface area contributed by atoms with Crippen LogP contribution in [0.3, 0.4) is 0 Å². The van der Waals surface area contributed by atoms with Crippen LogP contribution in [0.15, 0.2) is 11.7 Å². The fraction of sp³-hybridized carbons (Fsp3) is 0.538. The molecule has 2 N–H and O–H groups in total. The molecule has 4 nitrogen and oxygen atoms in total. The summed E-state index contributed by atoms with van der Waals surface area (Å²) in [6.07, 6.45) is 4.03. The third-order valence-corrected chi connectivity index (χ3v) is 4.84. The molecule has 1 aliphatic rings. The van der Waals surface area contributed by atoms with Crippen molar-refractivity contribution < 1.29 is 0 Å². The highest BCUT2D eigenvalue weighted by molar-refractivity contribution is 7.18. The monoisotopic (exact) mass is 262 g/mol. The fourth-order valence-electron chi connectivity index (χ4n) is 2.56. The minimum absolute atomic E-state index is 0.684. The lowest BCUT2D eigenvalue weighted by atomic mass is 9.97. The van der Waals surface area contributed by atoms with E-state index in [0.717, 1.165) is 31.0 Å². The van der Waals surface area contributed by atoms with Gasteiger partial charge in [0.1, 0.15) is 12.1 Å². The summed E-state index contributed by atoms with van der Waals surface area (Å²) in [6.45, 7) is 5.04. The molecule has 1 saturated heterocycles. The van der Waals surface area contributed by atoms with Gasteiger partial charge in [0.05, 0.1) is 10.2 Å². The van der Waals surface area contributed by atoms with Crippen molar-refractivity contribution in [3.05, 3.63) is 17.3 Å². The number of hydrogen-bond acceptors (Lipinski definition) is 5. The molecule has 3 rings (SSSR count). The van der Waals surface area contributed by atoms with Crippen LogP contribution >= 0.6 is 11.3 Å². The van der Waals surface area contributed by atoms with Crippen LogP contribution in [0.5, 0.6) is 0 Å². The SMILES string of the molecule is Cc1csc2c(N3CCC(CN)CC3)ncnc12. The standard InChI is InChI=1S/C13H18N4S/c1-9-7-18-12-11(9)15-8-16-13(12)17-4-2-10(6-14)3-5-17/h7-8,10H,2-6,14H2,1H3. The Balaban J connectivity index is 1.91. The second-order valence-electron chi connectivity index (χ2n) is 4.96. The number of anilines is 1. The third kappa shape index (κ3) is 1.97. The Morgan fingerprint density at radius 1 is 1.39 bits per heavy atom. The summed E-state index contributed by atoms with van der Waals surface area (Å²) in [7, 11) is 0. The minimum Gasteiger partial charge on any atom is -0.355 e. The van der Waals surface area contributed by atoms with Gasteiger partial charge in [0.15, 0.2) is 0 Å². The maximum atomic E-state index is 5.74. The lowest BCUT2D eigenvalue weighted by Crippen LogP contribution is -2.36. The zero-order valence-electron chi connectivity index (χ0n) is 10.6. The molecule has 0 atom stereocenters. The third-order valence-electron chi connectivity index (χ3n) is 3.76. The first-order valence-corrected chi connectivity index (χ1v) is 7.31. The number of aromatic nitrogens is 2. The Kier molecular flexibility index (Phi) is 3.18. The molecule has 2 aromatic rings. The van der Waals surface area contributed by atoms with Crippen molar-refractivity contribution in [3.8, 4) is 0 Å². The van der Waals surface area contributed by atoms with Gasteiger partial charge in [-0.3, -0.25) is 0 Å². The van der Waals surface area contributed by atoms with Crippen LogP contribution in [0.25, 0.3) is 10.2 Å². The Labute approximate surface area is 111 Å². The van der Waals surface area contributed by atoms with Crippen molar-refractivity contribution in [1.82, 2.24) is 9.97 Å². The maximum Gasteiger partial charge on any atom is 0.150 e. The lowest BCUT2D eigenvalue weighted by Gasteiger charge is -2.32. The lowest BCUT2D eigenvalue weighted by molar-refractivity contribution is 0.413. The molecule has 0 aromatic carbocycles. The number of rotatable bonds is 2. The molecule has 3 heterocycles. The van der Waals surface area contributed by atoms with E-state index in [1.165, 1.54) is 23.1 Å². The van der Waals surface area contributed by atoms with E-state index in [2.05, 4.69) is 27.2 Å². The summed E-state index contributed by atoms with van der Waals surface area (Å²) in [5, 5.41) is 2.16. The van der Waals surface area contributed by atoms with Crippen molar-refractivity contribution in [1.29, 1.82) is 0 Å². The number of aryl methyl sites for hydroxylation is 1. The van der Waals surface area contributed by atoms with Crippen molar-refractivity contribution >= 4 is 27.4 Å². The molecule has 1 aliphatic heterocycles. The largest absolute Gasteiger partial charge is 0.355 e. The smallest absolute Gasteiger partial charge is 0.150 e. The number of piperidine rings is 1. The summed E-state index contributed by atoms with van der Waals surface area (Å²) in [6, 6.07) is 0. The molecule has 18 heavy (non-hydrogen) atoms. The zero-order valence-corrected chi connectivity index (χ0v) is 11.4. The van der Waals surface area contributed by atoms with E-state index in [9.17, 15) is 0 Å².